The van der Waals surface area contributed by atoms with E-state index >= 15 is 0 Å². The number of aromatic nitrogens is 3. The number of ether oxygens (including phenoxy) is 1. The number of nitrogens with one attached hydrogen (secondary N) is 2. The molecule has 0 spiro atoms. The predicted octanol–water partition coefficient (Wildman–Crippen LogP) is 1.90. The number of methoxy groups -OCH3 is 1. The fourth-order valence-electron chi connectivity index (χ4n) is 2.62. The number of carbonyl (C=O) groups excluding carboxylic acids is 2. The lowest BCUT2D eigenvalue weighted by Gasteiger charge is -2.08. The highest BCUT2D eigenvalue weighted by Crippen LogP contribution is 2.17. The topological polar surface area (TPSA) is 98.1 Å². The minimum atomic E-state index is -0.336. The third-order valence-electron chi connectivity index (χ3n) is 4.01. The minimum absolute atomic E-state index is 0.119. The van der Waals surface area contributed by atoms with Crippen LogP contribution in [-0.2, 0) is 17.8 Å². The Bertz CT molecular complexity index is 940. The molecule has 2 N–H and O–H groups in total. The first-order chi connectivity index (χ1) is 13.7. The second kappa shape index (κ2) is 9.31. The fourth-order valence-corrected chi connectivity index (χ4v) is 2.62. The summed E-state index contributed by atoms with van der Waals surface area (Å²) in [6, 6.07) is 16.5. The van der Waals surface area contributed by atoms with E-state index in [4.69, 9.17) is 4.74 Å². The normalized spacial score (nSPS) is 10.3. The standard InChI is InChI=1S/C20H21N5O3/c1-28-18-10-6-5-7-15(18)13-19(26)21-11-12-25-14-17(23-24-25)20(27)22-16-8-3-2-4-9-16/h2-10,14H,11-13H2,1H3,(H,21,26)(H,22,27). The van der Waals surface area contributed by atoms with Crippen LogP contribution in [0.15, 0.2) is 60.8 Å². The Morgan fingerprint density at radius 1 is 1.07 bits per heavy atom. The number of hydrogen-bond donors (Lipinski definition) is 2. The lowest BCUT2D eigenvalue weighted by Crippen LogP contribution is -2.28. The molecule has 0 aliphatic heterocycles. The Labute approximate surface area is 162 Å². The van der Waals surface area contributed by atoms with E-state index in [1.54, 1.807) is 25.4 Å². The van der Waals surface area contributed by atoms with Crippen LogP contribution in [0.4, 0.5) is 5.69 Å². The van der Waals surface area contributed by atoms with Crippen LogP contribution in [0.1, 0.15) is 16.1 Å². The molecule has 8 heteroatoms. The summed E-state index contributed by atoms with van der Waals surface area (Å²) in [6.07, 6.45) is 1.77. The van der Waals surface area contributed by atoms with E-state index in [1.165, 1.54) is 4.68 Å². The molecule has 2 aromatic carbocycles. The van der Waals surface area contributed by atoms with Crippen molar-refractivity contribution in [1.82, 2.24) is 20.3 Å². The van der Waals surface area contributed by atoms with E-state index < -0.39 is 0 Å². The molecule has 0 radical (unpaired) electrons. The Balaban J connectivity index is 1.46. The van der Waals surface area contributed by atoms with Gasteiger partial charge in [0.2, 0.25) is 5.91 Å². The molecule has 0 aliphatic carbocycles. The largest absolute Gasteiger partial charge is 0.496 e. The van der Waals surface area contributed by atoms with Gasteiger partial charge in [0, 0.05) is 17.8 Å². The third-order valence-corrected chi connectivity index (χ3v) is 4.01. The molecule has 0 bridgehead atoms. The van der Waals surface area contributed by atoms with E-state index in [0.717, 1.165) is 5.56 Å². The summed E-state index contributed by atoms with van der Waals surface area (Å²) in [5.41, 5.74) is 1.72. The van der Waals surface area contributed by atoms with Crippen molar-refractivity contribution in [3.8, 4) is 5.75 Å². The molecular weight excluding hydrogens is 358 g/mol. The van der Waals surface area contributed by atoms with Crippen LogP contribution in [0.25, 0.3) is 0 Å². The summed E-state index contributed by atoms with van der Waals surface area (Å²) in [7, 11) is 1.58. The zero-order chi connectivity index (χ0) is 19.8. The van der Waals surface area contributed by atoms with Crippen LogP contribution in [-0.4, -0.2) is 40.5 Å². The molecule has 0 saturated carbocycles. The summed E-state index contributed by atoms with van der Waals surface area (Å²) >= 11 is 0. The van der Waals surface area contributed by atoms with Gasteiger partial charge in [-0.15, -0.1) is 5.10 Å². The van der Waals surface area contributed by atoms with E-state index in [9.17, 15) is 9.59 Å². The fraction of sp³-hybridized carbons (Fsp3) is 0.200. The average Bonchev–Trinajstić information content (AvgIpc) is 3.18. The highest BCUT2D eigenvalue weighted by Gasteiger charge is 2.11. The predicted molar refractivity (Wildman–Crippen MR) is 104 cm³/mol. The van der Waals surface area contributed by atoms with Gasteiger partial charge in [-0.1, -0.05) is 41.6 Å². The molecule has 1 heterocycles. The molecular formula is C20H21N5O3. The molecule has 0 saturated heterocycles. The van der Waals surface area contributed by atoms with Crippen molar-refractivity contribution in [3.05, 3.63) is 72.1 Å². The zero-order valence-electron chi connectivity index (χ0n) is 15.5. The first-order valence-corrected chi connectivity index (χ1v) is 8.81. The molecule has 28 heavy (non-hydrogen) atoms. The monoisotopic (exact) mass is 379 g/mol. The van der Waals surface area contributed by atoms with Gasteiger partial charge in [-0.3, -0.25) is 9.59 Å². The molecule has 3 aromatic rings. The number of rotatable bonds is 8. The molecule has 0 atom stereocenters. The number of para-hydroxylation sites is 2. The lowest BCUT2D eigenvalue weighted by atomic mass is 10.1. The highest BCUT2D eigenvalue weighted by molar-refractivity contribution is 6.02. The summed E-state index contributed by atoms with van der Waals surface area (Å²) in [5.74, 6) is 0.229. The molecule has 0 fully saturated rings. The van der Waals surface area contributed by atoms with E-state index in [-0.39, 0.29) is 23.9 Å². The number of benzene rings is 2. The second-order valence-corrected chi connectivity index (χ2v) is 6.03. The second-order valence-electron chi connectivity index (χ2n) is 6.03. The summed E-state index contributed by atoms with van der Waals surface area (Å²) in [6.45, 7) is 0.778. The Morgan fingerprint density at radius 2 is 1.82 bits per heavy atom. The first-order valence-electron chi connectivity index (χ1n) is 8.81. The van der Waals surface area contributed by atoms with E-state index in [1.807, 2.05) is 42.5 Å². The van der Waals surface area contributed by atoms with Gasteiger partial charge in [0.15, 0.2) is 5.69 Å². The number of nitrogens with zero attached hydrogens (tertiary/aromatic N) is 3. The summed E-state index contributed by atoms with van der Waals surface area (Å²) < 4.78 is 6.76. The van der Waals surface area contributed by atoms with Crippen LogP contribution in [0.2, 0.25) is 0 Å². The van der Waals surface area contributed by atoms with Crippen molar-refractivity contribution in [2.75, 3.05) is 19.0 Å². The molecule has 0 unspecified atom stereocenters. The maximum Gasteiger partial charge on any atom is 0.277 e. The molecule has 8 nitrogen and oxygen atoms in total. The number of amides is 2. The van der Waals surface area contributed by atoms with Gasteiger partial charge in [0.25, 0.3) is 5.91 Å². The molecule has 2 amide bonds. The average molecular weight is 379 g/mol. The lowest BCUT2D eigenvalue weighted by molar-refractivity contribution is -0.120. The van der Waals surface area contributed by atoms with E-state index in [0.29, 0.717) is 24.5 Å². The smallest absolute Gasteiger partial charge is 0.277 e. The van der Waals surface area contributed by atoms with E-state index in [2.05, 4.69) is 20.9 Å². The molecule has 1 aromatic heterocycles. The van der Waals surface area contributed by atoms with Crippen molar-refractivity contribution in [3.63, 3.8) is 0 Å². The van der Waals surface area contributed by atoms with Crippen LogP contribution < -0.4 is 15.4 Å². The van der Waals surface area contributed by atoms with Gasteiger partial charge in [0.1, 0.15) is 5.75 Å². The molecule has 0 aliphatic rings. The van der Waals surface area contributed by atoms with Crippen LogP contribution in [0, 0.1) is 0 Å². The summed E-state index contributed by atoms with van der Waals surface area (Å²) in [5, 5.41) is 13.4. The molecule has 144 valence electrons. The maximum absolute atomic E-state index is 12.2. The Hall–Kier alpha value is -3.68. The van der Waals surface area contributed by atoms with Crippen LogP contribution >= 0.6 is 0 Å². The maximum atomic E-state index is 12.2. The van der Waals surface area contributed by atoms with Gasteiger partial charge >= 0.3 is 0 Å². The molecule has 3 rings (SSSR count). The quantitative estimate of drug-likeness (QED) is 0.623. The number of hydrogen-bond acceptors (Lipinski definition) is 5. The van der Waals surface area contributed by atoms with Gasteiger partial charge in [-0.2, -0.15) is 0 Å². The SMILES string of the molecule is COc1ccccc1CC(=O)NCCn1cc(C(=O)Nc2ccccc2)nn1. The Morgan fingerprint density at radius 3 is 2.61 bits per heavy atom. The van der Waals surface area contributed by atoms with Crippen molar-refractivity contribution >= 4 is 17.5 Å². The van der Waals surface area contributed by atoms with Gasteiger partial charge < -0.3 is 15.4 Å². The third kappa shape index (κ3) is 5.16. The number of anilines is 1. The zero-order valence-corrected chi connectivity index (χ0v) is 15.5. The van der Waals surface area contributed by atoms with Gasteiger partial charge in [-0.25, -0.2) is 4.68 Å². The summed E-state index contributed by atoms with van der Waals surface area (Å²) in [4.78, 5) is 24.3. The van der Waals surface area contributed by atoms with Crippen LogP contribution in [0.3, 0.4) is 0 Å². The van der Waals surface area contributed by atoms with Crippen molar-refractivity contribution < 1.29 is 14.3 Å². The van der Waals surface area contributed by atoms with Crippen molar-refractivity contribution in [1.29, 1.82) is 0 Å². The van der Waals surface area contributed by atoms with Gasteiger partial charge in [-0.05, 0) is 18.2 Å². The van der Waals surface area contributed by atoms with Crippen molar-refractivity contribution in [2.24, 2.45) is 0 Å². The minimum Gasteiger partial charge on any atom is -0.496 e. The van der Waals surface area contributed by atoms with Gasteiger partial charge in [0.05, 0.1) is 26.3 Å². The van der Waals surface area contributed by atoms with Crippen LogP contribution in [0.5, 0.6) is 5.75 Å². The highest BCUT2D eigenvalue weighted by atomic mass is 16.5. The Kier molecular flexibility index (Phi) is 6.35. The van der Waals surface area contributed by atoms with Crippen molar-refractivity contribution in [2.45, 2.75) is 13.0 Å². The number of carbonyl (C=O) groups is 2. The first kappa shape index (κ1) is 19.1.